The largest absolute Gasteiger partial charge is 0.0860 e. The normalized spacial score (nSPS) is 9.80. The highest BCUT2D eigenvalue weighted by atomic mass is 127. The fourth-order valence-corrected chi connectivity index (χ4v) is 1.74. The number of benzene rings is 1. The van der Waals surface area contributed by atoms with E-state index in [1.165, 1.54) is 20.0 Å². The number of rotatable bonds is 2. The van der Waals surface area contributed by atoms with Crippen LogP contribution in [0.25, 0.3) is 0 Å². The zero-order valence-corrected chi connectivity index (χ0v) is 9.79. The van der Waals surface area contributed by atoms with Gasteiger partial charge in [0.2, 0.25) is 0 Å². The van der Waals surface area contributed by atoms with Crippen LogP contribution in [0.2, 0.25) is 0 Å². The van der Waals surface area contributed by atoms with E-state index in [9.17, 15) is 0 Å². The number of halogens is 2. The molecule has 0 aliphatic heterocycles. The summed E-state index contributed by atoms with van der Waals surface area (Å²) in [7, 11) is 0. The lowest BCUT2D eigenvalue weighted by Gasteiger charge is -1.95. The SMILES string of the molecule is ICCc1ccc(I)cc1. The summed E-state index contributed by atoms with van der Waals surface area (Å²) < 4.78 is 2.52. The Morgan fingerprint density at radius 3 is 2.20 bits per heavy atom. The minimum Gasteiger partial charge on any atom is -0.0860 e. The highest BCUT2D eigenvalue weighted by Crippen LogP contribution is 2.07. The van der Waals surface area contributed by atoms with Gasteiger partial charge in [0.05, 0.1) is 0 Å². The van der Waals surface area contributed by atoms with Crippen molar-refractivity contribution in [2.24, 2.45) is 0 Å². The molecular weight excluding hydrogens is 350 g/mol. The van der Waals surface area contributed by atoms with E-state index in [1.807, 2.05) is 0 Å². The average Bonchev–Trinajstić information content (AvgIpc) is 1.95. The number of hydrogen-bond acceptors (Lipinski definition) is 0. The summed E-state index contributed by atoms with van der Waals surface area (Å²) in [5, 5.41) is 0. The first-order chi connectivity index (χ1) is 4.83. The predicted molar refractivity (Wildman–Crippen MR) is 61.8 cm³/mol. The summed E-state index contributed by atoms with van der Waals surface area (Å²) in [4.78, 5) is 0. The summed E-state index contributed by atoms with van der Waals surface area (Å²) in [6, 6.07) is 8.70. The van der Waals surface area contributed by atoms with Gasteiger partial charge in [0.15, 0.2) is 0 Å². The Labute approximate surface area is 88.7 Å². The summed E-state index contributed by atoms with van der Waals surface area (Å²) in [6.07, 6.45) is 1.19. The maximum absolute atomic E-state index is 2.40. The summed E-state index contributed by atoms with van der Waals surface area (Å²) >= 11 is 4.72. The molecule has 0 nitrogen and oxygen atoms in total. The molecule has 0 heterocycles. The molecule has 0 aliphatic carbocycles. The third-order valence-corrected chi connectivity index (χ3v) is 2.55. The molecule has 1 aromatic carbocycles. The van der Waals surface area contributed by atoms with Gasteiger partial charge in [-0.05, 0) is 46.7 Å². The van der Waals surface area contributed by atoms with Gasteiger partial charge in [-0.1, -0.05) is 34.7 Å². The van der Waals surface area contributed by atoms with Gasteiger partial charge in [-0.2, -0.15) is 0 Å². The molecule has 0 radical (unpaired) electrons. The fraction of sp³-hybridized carbons (Fsp3) is 0.250. The topological polar surface area (TPSA) is 0 Å². The van der Waals surface area contributed by atoms with E-state index in [0.29, 0.717) is 0 Å². The van der Waals surface area contributed by atoms with Gasteiger partial charge < -0.3 is 0 Å². The lowest BCUT2D eigenvalue weighted by molar-refractivity contribution is 1.18. The van der Waals surface area contributed by atoms with E-state index in [0.717, 1.165) is 0 Å². The van der Waals surface area contributed by atoms with Crippen molar-refractivity contribution in [2.75, 3.05) is 4.43 Å². The van der Waals surface area contributed by atoms with Crippen molar-refractivity contribution in [3.8, 4) is 0 Å². The first kappa shape index (κ1) is 8.77. The molecule has 1 rings (SSSR count). The van der Waals surface area contributed by atoms with Crippen molar-refractivity contribution in [2.45, 2.75) is 6.42 Å². The maximum Gasteiger partial charge on any atom is 0.0130 e. The Morgan fingerprint density at radius 1 is 1.10 bits per heavy atom. The van der Waals surface area contributed by atoms with Crippen LogP contribution < -0.4 is 0 Å². The van der Waals surface area contributed by atoms with Crippen LogP contribution in [0.3, 0.4) is 0 Å². The maximum atomic E-state index is 2.40. The molecule has 2 heteroatoms. The molecule has 0 saturated carbocycles. The van der Waals surface area contributed by atoms with Crippen LogP contribution in [0.4, 0.5) is 0 Å². The van der Waals surface area contributed by atoms with Gasteiger partial charge in [-0.25, -0.2) is 0 Å². The zero-order valence-electron chi connectivity index (χ0n) is 5.48. The molecule has 0 aliphatic rings. The quantitative estimate of drug-likeness (QED) is 0.563. The van der Waals surface area contributed by atoms with E-state index >= 15 is 0 Å². The van der Waals surface area contributed by atoms with E-state index in [1.54, 1.807) is 0 Å². The van der Waals surface area contributed by atoms with Crippen LogP contribution >= 0.6 is 45.2 Å². The minimum atomic E-state index is 1.19. The molecular formula is C8H8I2. The molecule has 0 fully saturated rings. The van der Waals surface area contributed by atoms with Crippen molar-refractivity contribution >= 4 is 45.2 Å². The fourth-order valence-electron chi connectivity index (χ4n) is 0.760. The second-order valence-electron chi connectivity index (χ2n) is 2.07. The second kappa shape index (κ2) is 4.54. The standard InChI is InChI=1S/C8H8I2/c9-6-5-7-1-3-8(10)4-2-7/h1-4H,5-6H2. The van der Waals surface area contributed by atoms with Crippen LogP contribution in [0.15, 0.2) is 24.3 Å². The minimum absolute atomic E-state index is 1.19. The van der Waals surface area contributed by atoms with Gasteiger partial charge in [0.25, 0.3) is 0 Å². The van der Waals surface area contributed by atoms with Gasteiger partial charge in [0.1, 0.15) is 0 Å². The van der Waals surface area contributed by atoms with Crippen LogP contribution in [-0.2, 0) is 6.42 Å². The first-order valence-electron chi connectivity index (χ1n) is 3.13. The Hall–Kier alpha value is 0.680. The first-order valence-corrected chi connectivity index (χ1v) is 5.74. The van der Waals surface area contributed by atoms with Crippen LogP contribution in [0, 0.1) is 3.57 Å². The van der Waals surface area contributed by atoms with Crippen LogP contribution in [0.5, 0.6) is 0 Å². The zero-order chi connectivity index (χ0) is 7.40. The van der Waals surface area contributed by atoms with Crippen molar-refractivity contribution in [3.05, 3.63) is 33.4 Å². The molecule has 0 unspecified atom stereocenters. The number of aryl methyl sites for hydroxylation is 1. The molecule has 54 valence electrons. The third kappa shape index (κ3) is 2.74. The van der Waals surface area contributed by atoms with Crippen molar-refractivity contribution in [1.29, 1.82) is 0 Å². The predicted octanol–water partition coefficient (Wildman–Crippen LogP) is 3.27. The smallest absolute Gasteiger partial charge is 0.0130 e. The van der Waals surface area contributed by atoms with Crippen LogP contribution in [0.1, 0.15) is 5.56 Å². The van der Waals surface area contributed by atoms with Gasteiger partial charge in [-0.3, -0.25) is 0 Å². The van der Waals surface area contributed by atoms with Gasteiger partial charge in [-0.15, -0.1) is 0 Å². The van der Waals surface area contributed by atoms with Crippen LogP contribution in [-0.4, -0.2) is 4.43 Å². The number of alkyl halides is 1. The van der Waals surface area contributed by atoms with Crippen molar-refractivity contribution in [1.82, 2.24) is 0 Å². The molecule has 10 heavy (non-hydrogen) atoms. The van der Waals surface area contributed by atoms with E-state index in [4.69, 9.17) is 0 Å². The van der Waals surface area contributed by atoms with Gasteiger partial charge in [0, 0.05) is 8.00 Å². The van der Waals surface area contributed by atoms with Crippen molar-refractivity contribution in [3.63, 3.8) is 0 Å². The Balaban J connectivity index is 2.69. The lowest BCUT2D eigenvalue weighted by atomic mass is 10.2. The highest BCUT2D eigenvalue weighted by molar-refractivity contribution is 14.1. The summed E-state index contributed by atoms with van der Waals surface area (Å²) in [5.41, 5.74) is 1.44. The highest BCUT2D eigenvalue weighted by Gasteiger charge is 1.89. The van der Waals surface area contributed by atoms with E-state index in [2.05, 4.69) is 69.4 Å². The van der Waals surface area contributed by atoms with Gasteiger partial charge >= 0.3 is 0 Å². The third-order valence-electron chi connectivity index (χ3n) is 1.30. The molecule has 0 saturated heterocycles. The molecule has 0 spiro atoms. The molecule has 1 aromatic rings. The lowest BCUT2D eigenvalue weighted by Crippen LogP contribution is -1.83. The Kier molecular flexibility index (Phi) is 3.98. The monoisotopic (exact) mass is 358 g/mol. The van der Waals surface area contributed by atoms with E-state index in [-0.39, 0.29) is 0 Å². The number of hydrogen-bond donors (Lipinski definition) is 0. The second-order valence-corrected chi connectivity index (χ2v) is 4.39. The van der Waals surface area contributed by atoms with E-state index < -0.39 is 0 Å². The molecule has 0 amide bonds. The summed E-state index contributed by atoms with van der Waals surface area (Å²) in [5.74, 6) is 0. The molecule has 0 bridgehead atoms. The molecule has 0 aromatic heterocycles. The Morgan fingerprint density at radius 2 is 1.70 bits per heavy atom. The summed E-state index contributed by atoms with van der Waals surface area (Å²) in [6.45, 7) is 0. The van der Waals surface area contributed by atoms with Crippen molar-refractivity contribution < 1.29 is 0 Å². The molecule has 0 N–H and O–H groups in total. The molecule has 0 atom stereocenters. The average molecular weight is 358 g/mol. The Bertz CT molecular complexity index is 191.